The normalized spacial score (nSPS) is 28.4. The average molecular weight is 291 g/mol. The monoisotopic (exact) mass is 291 g/mol. The highest BCUT2D eigenvalue weighted by molar-refractivity contribution is 5.94. The Morgan fingerprint density at radius 3 is 3.19 bits per heavy atom. The lowest BCUT2D eigenvalue weighted by Gasteiger charge is -2.37. The second kappa shape index (κ2) is 6.45. The van der Waals surface area contributed by atoms with Gasteiger partial charge in [-0.15, -0.1) is 6.58 Å². The predicted octanol–water partition coefficient (Wildman–Crippen LogP) is 2.10. The summed E-state index contributed by atoms with van der Waals surface area (Å²) in [7, 11) is 0. The lowest BCUT2D eigenvalue weighted by atomic mass is 10.1. The maximum atomic E-state index is 12.5. The number of furan rings is 1. The molecule has 1 amide bonds. The fourth-order valence-corrected chi connectivity index (χ4v) is 3.31. The lowest BCUT2D eigenvalue weighted by molar-refractivity contribution is -0.0449. The summed E-state index contributed by atoms with van der Waals surface area (Å²) in [6.07, 6.45) is 6.82. The van der Waals surface area contributed by atoms with Crippen molar-refractivity contribution in [2.24, 2.45) is 5.92 Å². The maximum absolute atomic E-state index is 12.5. The summed E-state index contributed by atoms with van der Waals surface area (Å²) in [4.78, 5) is 14.5. The number of ether oxygens (including phenoxy) is 2. The second-order valence-electron chi connectivity index (χ2n) is 5.65. The number of hydrogen-bond donors (Lipinski definition) is 0. The number of morpholine rings is 1. The van der Waals surface area contributed by atoms with E-state index in [9.17, 15) is 4.79 Å². The van der Waals surface area contributed by atoms with Crippen LogP contribution in [-0.4, -0.2) is 49.3 Å². The first-order valence-corrected chi connectivity index (χ1v) is 7.43. The Labute approximate surface area is 124 Å². The Hall–Kier alpha value is -1.59. The Kier molecular flexibility index (Phi) is 4.41. The van der Waals surface area contributed by atoms with Crippen LogP contribution in [0.3, 0.4) is 0 Å². The number of hydrogen-bond acceptors (Lipinski definition) is 4. The summed E-state index contributed by atoms with van der Waals surface area (Å²) in [5.74, 6) is 0.479. The van der Waals surface area contributed by atoms with E-state index in [1.807, 2.05) is 4.90 Å². The summed E-state index contributed by atoms with van der Waals surface area (Å²) in [6, 6.07) is 1.87. The van der Waals surface area contributed by atoms with Gasteiger partial charge in [-0.05, 0) is 24.8 Å². The lowest BCUT2D eigenvalue weighted by Crippen LogP contribution is -2.51. The van der Waals surface area contributed by atoms with Crippen LogP contribution in [0.1, 0.15) is 23.2 Å². The molecule has 3 atom stereocenters. The minimum Gasteiger partial charge on any atom is -0.472 e. The third-order valence-electron chi connectivity index (χ3n) is 4.25. The van der Waals surface area contributed by atoms with Gasteiger partial charge in [0.05, 0.1) is 37.2 Å². The topological polar surface area (TPSA) is 51.9 Å². The van der Waals surface area contributed by atoms with Gasteiger partial charge < -0.3 is 18.8 Å². The quantitative estimate of drug-likeness (QED) is 0.616. The molecular formula is C16H21NO4. The van der Waals surface area contributed by atoms with Crippen molar-refractivity contribution in [3.63, 3.8) is 0 Å². The molecule has 114 valence electrons. The van der Waals surface area contributed by atoms with Crippen molar-refractivity contribution >= 4 is 5.91 Å². The zero-order valence-electron chi connectivity index (χ0n) is 12.1. The number of carbonyl (C=O) groups is 1. The molecule has 1 saturated carbocycles. The molecule has 2 aliphatic rings. The molecule has 5 nitrogen and oxygen atoms in total. The summed E-state index contributed by atoms with van der Waals surface area (Å²) in [5, 5.41) is 0. The van der Waals surface area contributed by atoms with E-state index in [4.69, 9.17) is 13.9 Å². The fraction of sp³-hybridized carbons (Fsp3) is 0.562. The zero-order chi connectivity index (χ0) is 14.7. The molecule has 0 N–H and O–H groups in total. The zero-order valence-corrected chi connectivity index (χ0v) is 12.1. The van der Waals surface area contributed by atoms with Gasteiger partial charge in [0.2, 0.25) is 0 Å². The Bertz CT molecular complexity index is 484. The van der Waals surface area contributed by atoms with Crippen LogP contribution < -0.4 is 0 Å². The first kappa shape index (κ1) is 14.4. The van der Waals surface area contributed by atoms with E-state index in [0.29, 0.717) is 37.8 Å². The first-order chi connectivity index (χ1) is 10.3. The van der Waals surface area contributed by atoms with Crippen molar-refractivity contribution in [2.45, 2.75) is 25.0 Å². The van der Waals surface area contributed by atoms with Crippen LogP contribution in [0.4, 0.5) is 0 Å². The summed E-state index contributed by atoms with van der Waals surface area (Å²) in [6.45, 7) is 6.17. The van der Waals surface area contributed by atoms with Crippen LogP contribution in [0.25, 0.3) is 0 Å². The summed E-state index contributed by atoms with van der Waals surface area (Å²) < 4.78 is 16.4. The fourth-order valence-electron chi connectivity index (χ4n) is 3.31. The molecule has 1 saturated heterocycles. The maximum Gasteiger partial charge on any atom is 0.257 e. The number of carbonyl (C=O) groups excluding carboxylic acids is 1. The Balaban J connectivity index is 1.64. The van der Waals surface area contributed by atoms with E-state index >= 15 is 0 Å². The standard InChI is InChI=1S/C16H21NO4/c1-2-5-19-10-12-8-14-15(9-12)21-7-4-17(14)16(18)13-3-6-20-11-13/h2-3,6,11-12,14-15H,1,4-5,7-10H2. The second-order valence-corrected chi connectivity index (χ2v) is 5.65. The molecule has 0 spiro atoms. The molecule has 3 rings (SSSR count). The van der Waals surface area contributed by atoms with Gasteiger partial charge in [0.1, 0.15) is 6.26 Å². The molecule has 21 heavy (non-hydrogen) atoms. The summed E-state index contributed by atoms with van der Waals surface area (Å²) in [5.41, 5.74) is 0.613. The molecular weight excluding hydrogens is 270 g/mol. The van der Waals surface area contributed by atoms with Gasteiger partial charge in [0.15, 0.2) is 0 Å². The van der Waals surface area contributed by atoms with Crippen LogP contribution in [0.15, 0.2) is 35.7 Å². The number of nitrogens with zero attached hydrogens (tertiary/aromatic N) is 1. The Morgan fingerprint density at radius 1 is 1.52 bits per heavy atom. The average Bonchev–Trinajstić information content (AvgIpc) is 3.15. The molecule has 1 aliphatic carbocycles. The summed E-state index contributed by atoms with van der Waals surface area (Å²) >= 11 is 0. The van der Waals surface area contributed by atoms with Crippen molar-refractivity contribution in [3.8, 4) is 0 Å². The van der Waals surface area contributed by atoms with Gasteiger partial charge in [0, 0.05) is 13.2 Å². The van der Waals surface area contributed by atoms with Crippen molar-refractivity contribution in [1.29, 1.82) is 0 Å². The molecule has 0 aromatic carbocycles. The van der Waals surface area contributed by atoms with Crippen molar-refractivity contribution in [1.82, 2.24) is 4.90 Å². The minimum absolute atomic E-state index is 0.0368. The molecule has 0 bridgehead atoms. The number of fused-ring (bicyclic) bond motifs is 1. The number of amides is 1. The van der Waals surface area contributed by atoms with E-state index < -0.39 is 0 Å². The SMILES string of the molecule is C=CCOCC1CC2OCCN(C(=O)c3ccoc3)C2C1. The van der Waals surface area contributed by atoms with E-state index in [1.165, 1.54) is 12.5 Å². The van der Waals surface area contributed by atoms with Crippen LogP contribution in [0, 0.1) is 5.92 Å². The van der Waals surface area contributed by atoms with E-state index in [2.05, 4.69) is 6.58 Å². The van der Waals surface area contributed by atoms with E-state index in [-0.39, 0.29) is 18.1 Å². The highest BCUT2D eigenvalue weighted by Gasteiger charge is 2.43. The molecule has 1 aromatic rings. The number of rotatable bonds is 5. The van der Waals surface area contributed by atoms with Crippen LogP contribution in [-0.2, 0) is 9.47 Å². The first-order valence-electron chi connectivity index (χ1n) is 7.43. The highest BCUT2D eigenvalue weighted by Crippen LogP contribution is 2.35. The van der Waals surface area contributed by atoms with Gasteiger partial charge in [-0.1, -0.05) is 6.08 Å². The minimum atomic E-state index is 0.0368. The molecule has 2 fully saturated rings. The highest BCUT2D eigenvalue weighted by atomic mass is 16.5. The van der Waals surface area contributed by atoms with Crippen molar-refractivity contribution in [3.05, 3.63) is 36.8 Å². The van der Waals surface area contributed by atoms with Gasteiger partial charge in [-0.2, -0.15) is 0 Å². The molecule has 3 unspecified atom stereocenters. The van der Waals surface area contributed by atoms with Gasteiger partial charge in [-0.25, -0.2) is 0 Å². The van der Waals surface area contributed by atoms with Gasteiger partial charge in [-0.3, -0.25) is 4.79 Å². The van der Waals surface area contributed by atoms with Crippen molar-refractivity contribution in [2.75, 3.05) is 26.4 Å². The molecule has 0 radical (unpaired) electrons. The Morgan fingerprint density at radius 2 is 2.43 bits per heavy atom. The predicted molar refractivity (Wildman–Crippen MR) is 77.0 cm³/mol. The van der Waals surface area contributed by atoms with Crippen LogP contribution >= 0.6 is 0 Å². The molecule has 5 heteroatoms. The smallest absolute Gasteiger partial charge is 0.257 e. The molecule has 2 heterocycles. The van der Waals surface area contributed by atoms with Gasteiger partial charge >= 0.3 is 0 Å². The van der Waals surface area contributed by atoms with Crippen LogP contribution in [0.5, 0.6) is 0 Å². The largest absolute Gasteiger partial charge is 0.472 e. The van der Waals surface area contributed by atoms with E-state index in [0.717, 1.165) is 12.8 Å². The van der Waals surface area contributed by atoms with Crippen molar-refractivity contribution < 1.29 is 18.7 Å². The third-order valence-corrected chi connectivity index (χ3v) is 4.25. The third kappa shape index (κ3) is 3.04. The molecule has 1 aliphatic heterocycles. The van der Waals surface area contributed by atoms with E-state index in [1.54, 1.807) is 12.1 Å². The molecule has 1 aromatic heterocycles. The van der Waals surface area contributed by atoms with Crippen LogP contribution in [0.2, 0.25) is 0 Å². The van der Waals surface area contributed by atoms with Gasteiger partial charge in [0.25, 0.3) is 5.91 Å².